The van der Waals surface area contributed by atoms with Crippen molar-refractivity contribution in [1.29, 1.82) is 0 Å². The van der Waals surface area contributed by atoms with Gasteiger partial charge in [-0.15, -0.1) is 0 Å². The predicted octanol–water partition coefficient (Wildman–Crippen LogP) is 3.57. The third kappa shape index (κ3) is 7.67. The molecular weight excluding hydrogens is 582 g/mol. The van der Waals surface area contributed by atoms with E-state index < -0.39 is 0 Å². The lowest BCUT2D eigenvalue weighted by molar-refractivity contribution is -0.146. The van der Waals surface area contributed by atoms with Crippen molar-refractivity contribution in [3.63, 3.8) is 0 Å². The smallest absolute Gasteiger partial charge is 0.306 e. The van der Waals surface area contributed by atoms with Gasteiger partial charge in [0.1, 0.15) is 5.75 Å². The average Bonchev–Trinajstić information content (AvgIpc) is 2.85. The van der Waals surface area contributed by atoms with Gasteiger partial charge in [0, 0.05) is 57.6 Å². The number of halogens is 2. The van der Waals surface area contributed by atoms with Crippen LogP contribution in [0.3, 0.4) is 0 Å². The number of piperidine rings is 1. The summed E-state index contributed by atoms with van der Waals surface area (Å²) in [6.07, 6.45) is 2.79. The van der Waals surface area contributed by atoms with E-state index in [1.807, 2.05) is 28.9 Å². The van der Waals surface area contributed by atoms with Gasteiger partial charge in [-0.1, -0.05) is 6.92 Å². The molecule has 3 rings (SSSR count). The minimum absolute atomic E-state index is 0.0218. The number of phenols is 1. The van der Waals surface area contributed by atoms with Crippen LogP contribution in [-0.2, 0) is 25.5 Å². The second kappa shape index (κ2) is 13.1. The fourth-order valence-electron chi connectivity index (χ4n) is 4.88. The zero-order valence-electron chi connectivity index (χ0n) is 20.5. The molecule has 0 unspecified atom stereocenters. The highest BCUT2D eigenvalue weighted by molar-refractivity contribution is 9.11. The molecule has 2 amide bonds. The average molecular weight is 617 g/mol. The molecule has 2 saturated heterocycles. The summed E-state index contributed by atoms with van der Waals surface area (Å²) in [6, 6.07) is 4.14. The molecule has 2 fully saturated rings. The van der Waals surface area contributed by atoms with E-state index in [1.165, 1.54) is 0 Å². The van der Waals surface area contributed by atoms with E-state index >= 15 is 0 Å². The molecule has 0 radical (unpaired) electrons. The molecule has 8 nitrogen and oxygen atoms in total. The summed E-state index contributed by atoms with van der Waals surface area (Å²) in [5, 5.41) is 9.90. The Bertz CT molecular complexity index is 889. The first-order chi connectivity index (χ1) is 16.7. The number of nitrogens with zero attached hydrogens (tertiary/aromatic N) is 3. The van der Waals surface area contributed by atoms with Gasteiger partial charge in [0.25, 0.3) is 0 Å². The number of piperazine rings is 1. The largest absolute Gasteiger partial charge is 0.506 e. The number of esters is 1. The zero-order chi connectivity index (χ0) is 25.5. The van der Waals surface area contributed by atoms with Gasteiger partial charge in [-0.2, -0.15) is 0 Å². The summed E-state index contributed by atoms with van der Waals surface area (Å²) in [5.74, 6) is -0.119. The van der Waals surface area contributed by atoms with Crippen LogP contribution in [0, 0.1) is 5.92 Å². The van der Waals surface area contributed by atoms with Crippen molar-refractivity contribution < 1.29 is 24.2 Å². The molecule has 1 aromatic rings. The molecule has 2 aliphatic rings. The summed E-state index contributed by atoms with van der Waals surface area (Å²) in [6.45, 7) is 8.59. The summed E-state index contributed by atoms with van der Waals surface area (Å²) >= 11 is 6.71. The Labute approximate surface area is 224 Å². The number of amides is 2. The number of ether oxygens (including phenoxy) is 1. The number of hydrogen-bond acceptors (Lipinski definition) is 6. The third-order valence-corrected chi connectivity index (χ3v) is 8.06. The van der Waals surface area contributed by atoms with E-state index in [0.29, 0.717) is 54.2 Å². The quantitative estimate of drug-likeness (QED) is 0.449. The van der Waals surface area contributed by atoms with E-state index in [-0.39, 0.29) is 42.3 Å². The molecule has 1 aromatic carbocycles. The first-order valence-corrected chi connectivity index (χ1v) is 13.9. The fourth-order valence-corrected chi connectivity index (χ4v) is 6.16. The normalized spacial score (nSPS) is 18.4. The standard InChI is InChI=1S/C25H35Br2N3O5/c1-3-35-23(32)5-4-22(31)29-8-6-19(7-9-29)28-10-12-30(13-11-28)25(34)17(2)14-18-15-20(26)24(33)21(27)16-18/h15-17,19,33H,3-14H2,1-2H3/t17-/m1/s1. The lowest BCUT2D eigenvalue weighted by Gasteiger charge is -2.43. The monoisotopic (exact) mass is 615 g/mol. The number of phenolic OH excluding ortho intramolecular Hbond substituents is 1. The summed E-state index contributed by atoms with van der Waals surface area (Å²) in [4.78, 5) is 43.2. The number of carbonyl (C=O) groups is 3. The van der Waals surface area contributed by atoms with Crippen LogP contribution in [0.5, 0.6) is 5.75 Å². The molecule has 0 bridgehead atoms. The first kappa shape index (κ1) is 27.9. The molecule has 0 spiro atoms. The van der Waals surface area contributed by atoms with Crippen molar-refractivity contribution in [3.8, 4) is 5.75 Å². The Kier molecular flexibility index (Phi) is 10.4. The number of rotatable bonds is 8. The molecule has 1 N–H and O–H groups in total. The SMILES string of the molecule is CCOC(=O)CCC(=O)N1CCC(N2CCN(C(=O)[C@H](C)Cc3cc(Br)c(O)c(Br)c3)CC2)CC1. The van der Waals surface area contributed by atoms with Crippen molar-refractivity contribution in [2.24, 2.45) is 5.92 Å². The van der Waals surface area contributed by atoms with Crippen LogP contribution in [0.25, 0.3) is 0 Å². The fraction of sp³-hybridized carbons (Fsp3) is 0.640. The Morgan fingerprint density at radius 1 is 1.00 bits per heavy atom. The van der Waals surface area contributed by atoms with Crippen LogP contribution in [0.15, 0.2) is 21.1 Å². The third-order valence-electron chi connectivity index (χ3n) is 6.85. The minimum Gasteiger partial charge on any atom is -0.506 e. The Hall–Kier alpha value is -1.65. The summed E-state index contributed by atoms with van der Waals surface area (Å²) in [5.41, 5.74) is 0.990. The van der Waals surface area contributed by atoms with Crippen LogP contribution in [0.2, 0.25) is 0 Å². The number of likely N-dealkylation sites (tertiary alicyclic amines) is 1. The number of aromatic hydroxyl groups is 1. The molecule has 1 atom stereocenters. The summed E-state index contributed by atoms with van der Waals surface area (Å²) in [7, 11) is 0. The molecule has 194 valence electrons. The second-order valence-electron chi connectivity index (χ2n) is 9.29. The van der Waals surface area contributed by atoms with Crippen molar-refractivity contribution in [1.82, 2.24) is 14.7 Å². The van der Waals surface area contributed by atoms with Gasteiger partial charge < -0.3 is 19.6 Å². The van der Waals surface area contributed by atoms with Gasteiger partial charge in [-0.25, -0.2) is 0 Å². The molecule has 0 aliphatic carbocycles. The highest BCUT2D eigenvalue weighted by Gasteiger charge is 2.31. The molecule has 2 heterocycles. The lowest BCUT2D eigenvalue weighted by Crippen LogP contribution is -2.55. The first-order valence-electron chi connectivity index (χ1n) is 12.3. The Morgan fingerprint density at radius 2 is 1.60 bits per heavy atom. The highest BCUT2D eigenvalue weighted by atomic mass is 79.9. The second-order valence-corrected chi connectivity index (χ2v) is 11.0. The van der Waals surface area contributed by atoms with E-state index in [2.05, 4.69) is 36.8 Å². The van der Waals surface area contributed by atoms with Crippen LogP contribution >= 0.6 is 31.9 Å². The summed E-state index contributed by atoms with van der Waals surface area (Å²) < 4.78 is 6.13. The maximum atomic E-state index is 13.0. The van der Waals surface area contributed by atoms with Gasteiger partial charge in [0.05, 0.1) is 22.0 Å². The van der Waals surface area contributed by atoms with Crippen LogP contribution in [0.1, 0.15) is 45.1 Å². The van der Waals surface area contributed by atoms with E-state index in [0.717, 1.165) is 31.5 Å². The van der Waals surface area contributed by atoms with E-state index in [1.54, 1.807) is 6.92 Å². The van der Waals surface area contributed by atoms with Crippen LogP contribution in [-0.4, -0.2) is 89.5 Å². The molecule has 0 saturated carbocycles. The number of benzene rings is 1. The topological polar surface area (TPSA) is 90.4 Å². The van der Waals surface area contributed by atoms with Crippen molar-refractivity contribution >= 4 is 49.6 Å². The molecular formula is C25H35Br2N3O5. The molecule has 10 heteroatoms. The van der Waals surface area contributed by atoms with Crippen molar-refractivity contribution in [2.45, 2.75) is 52.0 Å². The molecule has 0 aromatic heterocycles. The number of hydrogen-bond donors (Lipinski definition) is 1. The van der Waals surface area contributed by atoms with Gasteiger partial charge in [-0.3, -0.25) is 19.3 Å². The van der Waals surface area contributed by atoms with Crippen molar-refractivity contribution in [2.75, 3.05) is 45.9 Å². The minimum atomic E-state index is -0.318. The predicted molar refractivity (Wildman–Crippen MR) is 140 cm³/mol. The van der Waals surface area contributed by atoms with E-state index in [9.17, 15) is 19.5 Å². The molecule has 35 heavy (non-hydrogen) atoms. The van der Waals surface area contributed by atoms with Crippen LogP contribution in [0.4, 0.5) is 0 Å². The van der Waals surface area contributed by atoms with Crippen molar-refractivity contribution in [3.05, 3.63) is 26.6 Å². The maximum Gasteiger partial charge on any atom is 0.306 e. The molecule has 2 aliphatic heterocycles. The van der Waals surface area contributed by atoms with Gasteiger partial charge in [0.2, 0.25) is 11.8 Å². The van der Waals surface area contributed by atoms with Gasteiger partial charge in [0.15, 0.2) is 0 Å². The van der Waals surface area contributed by atoms with Gasteiger partial charge >= 0.3 is 5.97 Å². The highest BCUT2D eigenvalue weighted by Crippen LogP contribution is 2.34. The maximum absolute atomic E-state index is 13.0. The van der Waals surface area contributed by atoms with Crippen LogP contribution < -0.4 is 0 Å². The zero-order valence-corrected chi connectivity index (χ0v) is 23.6. The van der Waals surface area contributed by atoms with E-state index in [4.69, 9.17) is 4.74 Å². The Balaban J connectivity index is 1.41. The Morgan fingerprint density at radius 3 is 2.17 bits per heavy atom. The van der Waals surface area contributed by atoms with Gasteiger partial charge in [-0.05, 0) is 75.7 Å². The lowest BCUT2D eigenvalue weighted by atomic mass is 9.98. The number of carbonyl (C=O) groups excluding carboxylic acids is 3.